The maximum atomic E-state index is 12.1. The predicted octanol–water partition coefficient (Wildman–Crippen LogP) is 2.83. The number of nitrogens with zero attached hydrogens (tertiary/aromatic N) is 2. The van der Waals surface area contributed by atoms with Crippen molar-refractivity contribution >= 4 is 17.7 Å². The number of methoxy groups -OCH3 is 1. The Bertz CT molecular complexity index is 851. The minimum absolute atomic E-state index is 0.107. The first-order valence-electron chi connectivity index (χ1n) is 7.31. The molecule has 0 aliphatic heterocycles. The summed E-state index contributed by atoms with van der Waals surface area (Å²) in [6.45, 7) is 0.247. The minimum Gasteiger partial charge on any atom is -0.497 e. The Morgan fingerprint density at radius 3 is 2.64 bits per heavy atom. The Morgan fingerprint density at radius 1 is 1.32 bits per heavy atom. The van der Waals surface area contributed by atoms with Gasteiger partial charge in [-0.05, 0) is 29.3 Å². The summed E-state index contributed by atoms with van der Waals surface area (Å²) in [5.41, 5.74) is 1.02. The smallest absolute Gasteiger partial charge is 0.270 e. The van der Waals surface area contributed by atoms with E-state index in [1.807, 2.05) is 6.07 Å². The topological polar surface area (TPSA) is 105 Å². The van der Waals surface area contributed by atoms with Crippen molar-refractivity contribution in [3.8, 4) is 11.8 Å². The highest BCUT2D eigenvalue weighted by Crippen LogP contribution is 2.16. The van der Waals surface area contributed by atoms with Crippen molar-refractivity contribution in [2.24, 2.45) is 0 Å². The molecule has 0 heterocycles. The van der Waals surface area contributed by atoms with E-state index in [1.165, 1.54) is 24.3 Å². The summed E-state index contributed by atoms with van der Waals surface area (Å²) in [5.74, 6) is 0.156. The lowest BCUT2D eigenvalue weighted by Gasteiger charge is -2.06. The van der Waals surface area contributed by atoms with Gasteiger partial charge < -0.3 is 10.1 Å². The van der Waals surface area contributed by atoms with Gasteiger partial charge in [-0.3, -0.25) is 14.9 Å². The van der Waals surface area contributed by atoms with Crippen LogP contribution in [-0.2, 0) is 11.3 Å². The van der Waals surface area contributed by atoms with E-state index in [0.717, 1.165) is 5.56 Å². The van der Waals surface area contributed by atoms with Crippen LogP contribution in [-0.4, -0.2) is 17.9 Å². The second-order valence-corrected chi connectivity index (χ2v) is 5.05. The number of benzene rings is 2. The Kier molecular flexibility index (Phi) is 5.85. The molecule has 0 fully saturated rings. The van der Waals surface area contributed by atoms with Crippen LogP contribution in [0.4, 0.5) is 5.69 Å². The molecule has 1 amide bonds. The zero-order chi connectivity index (χ0) is 18.2. The molecule has 25 heavy (non-hydrogen) atoms. The van der Waals surface area contributed by atoms with Gasteiger partial charge in [0.1, 0.15) is 17.4 Å². The van der Waals surface area contributed by atoms with Crippen molar-refractivity contribution in [3.05, 3.63) is 75.3 Å². The van der Waals surface area contributed by atoms with Crippen LogP contribution in [0, 0.1) is 21.4 Å². The van der Waals surface area contributed by atoms with Crippen LogP contribution in [0.15, 0.2) is 54.1 Å². The van der Waals surface area contributed by atoms with Crippen molar-refractivity contribution in [1.29, 1.82) is 5.26 Å². The third kappa shape index (κ3) is 4.91. The SMILES string of the molecule is COc1ccc(CNC(=O)/C(C#N)=C\c2cccc([N+](=O)[O-])c2)cc1. The van der Waals surface area contributed by atoms with Gasteiger partial charge in [-0.1, -0.05) is 24.3 Å². The molecule has 7 nitrogen and oxygen atoms in total. The highest BCUT2D eigenvalue weighted by Gasteiger charge is 2.10. The average Bonchev–Trinajstić information content (AvgIpc) is 2.64. The molecule has 0 aliphatic carbocycles. The van der Waals surface area contributed by atoms with E-state index in [0.29, 0.717) is 11.3 Å². The molecule has 0 aliphatic rings. The second-order valence-electron chi connectivity index (χ2n) is 5.05. The van der Waals surface area contributed by atoms with Crippen molar-refractivity contribution < 1.29 is 14.5 Å². The molecule has 0 bridgehead atoms. The Morgan fingerprint density at radius 2 is 2.04 bits per heavy atom. The molecule has 0 aromatic heterocycles. The molecule has 0 saturated heterocycles. The van der Waals surface area contributed by atoms with Gasteiger partial charge in [-0.15, -0.1) is 0 Å². The van der Waals surface area contributed by atoms with Gasteiger partial charge in [0.2, 0.25) is 0 Å². The van der Waals surface area contributed by atoms with E-state index in [9.17, 15) is 20.2 Å². The second kappa shape index (κ2) is 8.26. The van der Waals surface area contributed by atoms with Gasteiger partial charge in [-0.25, -0.2) is 0 Å². The number of carbonyl (C=O) groups excluding carboxylic acids is 1. The number of nitriles is 1. The summed E-state index contributed by atoms with van der Waals surface area (Å²) in [6, 6.07) is 14.7. The molecule has 0 spiro atoms. The van der Waals surface area contributed by atoms with E-state index in [-0.39, 0.29) is 17.8 Å². The first-order valence-corrected chi connectivity index (χ1v) is 7.31. The van der Waals surface area contributed by atoms with Crippen molar-refractivity contribution in [2.45, 2.75) is 6.54 Å². The number of non-ortho nitro benzene ring substituents is 1. The number of amides is 1. The molecule has 0 radical (unpaired) electrons. The number of ether oxygens (including phenoxy) is 1. The van der Waals surface area contributed by atoms with Crippen LogP contribution < -0.4 is 10.1 Å². The van der Waals surface area contributed by atoms with Crippen LogP contribution in [0.1, 0.15) is 11.1 Å². The number of hydrogen-bond acceptors (Lipinski definition) is 5. The molecule has 1 N–H and O–H groups in total. The normalized spacial score (nSPS) is 10.6. The first kappa shape index (κ1) is 17.7. The number of nitro benzene ring substituents is 1. The van der Waals surface area contributed by atoms with Crippen LogP contribution in [0.3, 0.4) is 0 Å². The maximum Gasteiger partial charge on any atom is 0.270 e. The van der Waals surface area contributed by atoms with Gasteiger partial charge in [0.05, 0.1) is 12.0 Å². The van der Waals surface area contributed by atoms with E-state index in [1.54, 1.807) is 37.4 Å². The third-order valence-electron chi connectivity index (χ3n) is 3.37. The molecular weight excluding hydrogens is 322 g/mol. The zero-order valence-electron chi connectivity index (χ0n) is 13.4. The lowest BCUT2D eigenvalue weighted by Crippen LogP contribution is -2.23. The fourth-order valence-electron chi connectivity index (χ4n) is 2.06. The van der Waals surface area contributed by atoms with Crippen molar-refractivity contribution in [3.63, 3.8) is 0 Å². The number of rotatable bonds is 6. The molecule has 0 unspecified atom stereocenters. The van der Waals surface area contributed by atoms with E-state index >= 15 is 0 Å². The van der Waals surface area contributed by atoms with Crippen LogP contribution >= 0.6 is 0 Å². The fourth-order valence-corrected chi connectivity index (χ4v) is 2.06. The first-order chi connectivity index (χ1) is 12.0. The summed E-state index contributed by atoms with van der Waals surface area (Å²) in [7, 11) is 1.56. The highest BCUT2D eigenvalue weighted by molar-refractivity contribution is 6.01. The third-order valence-corrected chi connectivity index (χ3v) is 3.37. The zero-order valence-corrected chi connectivity index (χ0v) is 13.4. The maximum absolute atomic E-state index is 12.1. The molecular formula is C18H15N3O4. The predicted molar refractivity (Wildman–Crippen MR) is 91.5 cm³/mol. The molecule has 2 rings (SSSR count). The van der Waals surface area contributed by atoms with Crippen LogP contribution in [0.5, 0.6) is 5.75 Å². The van der Waals surface area contributed by atoms with E-state index in [4.69, 9.17) is 4.74 Å². The molecule has 2 aromatic carbocycles. The highest BCUT2D eigenvalue weighted by atomic mass is 16.6. The Balaban J connectivity index is 2.08. The quantitative estimate of drug-likeness (QED) is 0.378. The van der Waals surface area contributed by atoms with Crippen LogP contribution in [0.25, 0.3) is 6.08 Å². The summed E-state index contributed by atoms with van der Waals surface area (Å²) >= 11 is 0. The van der Waals surface area contributed by atoms with Gasteiger partial charge in [0.15, 0.2) is 0 Å². The van der Waals surface area contributed by atoms with E-state index in [2.05, 4.69) is 5.32 Å². The summed E-state index contributed by atoms with van der Waals surface area (Å²) < 4.78 is 5.06. The van der Waals surface area contributed by atoms with Gasteiger partial charge in [-0.2, -0.15) is 5.26 Å². The largest absolute Gasteiger partial charge is 0.497 e. The fraction of sp³-hybridized carbons (Fsp3) is 0.111. The summed E-state index contributed by atoms with van der Waals surface area (Å²) in [5, 5.41) is 22.6. The Labute approximate surface area is 144 Å². The van der Waals surface area contributed by atoms with E-state index < -0.39 is 10.8 Å². The lowest BCUT2D eigenvalue weighted by molar-refractivity contribution is -0.384. The van der Waals surface area contributed by atoms with Crippen molar-refractivity contribution in [1.82, 2.24) is 5.32 Å². The number of nitrogens with one attached hydrogen (secondary N) is 1. The Hall–Kier alpha value is -3.66. The van der Waals surface area contributed by atoms with Crippen LogP contribution in [0.2, 0.25) is 0 Å². The molecule has 0 saturated carbocycles. The molecule has 7 heteroatoms. The summed E-state index contributed by atoms with van der Waals surface area (Å²) in [6.07, 6.45) is 1.32. The van der Waals surface area contributed by atoms with Gasteiger partial charge >= 0.3 is 0 Å². The number of nitro groups is 1. The lowest BCUT2D eigenvalue weighted by atomic mass is 10.1. The molecule has 126 valence electrons. The van der Waals surface area contributed by atoms with Gasteiger partial charge in [0, 0.05) is 18.7 Å². The minimum atomic E-state index is -0.551. The standard InChI is InChI=1S/C18H15N3O4/c1-25-17-7-5-13(6-8-17)12-20-18(22)15(11-19)9-14-3-2-4-16(10-14)21(23)24/h2-10H,12H2,1H3,(H,20,22)/b15-9-. The summed E-state index contributed by atoms with van der Waals surface area (Å²) in [4.78, 5) is 22.4. The van der Waals surface area contributed by atoms with Gasteiger partial charge in [0.25, 0.3) is 11.6 Å². The average molecular weight is 337 g/mol. The number of hydrogen-bond donors (Lipinski definition) is 1. The van der Waals surface area contributed by atoms with Crippen molar-refractivity contribution in [2.75, 3.05) is 7.11 Å². The monoisotopic (exact) mass is 337 g/mol. The number of carbonyl (C=O) groups is 1. The molecule has 0 atom stereocenters. The molecule has 2 aromatic rings.